The van der Waals surface area contributed by atoms with Gasteiger partial charge >= 0.3 is 0 Å². The molecule has 3 unspecified atom stereocenters. The molecule has 3 fully saturated rings. The summed E-state index contributed by atoms with van der Waals surface area (Å²) in [5.41, 5.74) is 1.64. The number of carbonyl (C=O) groups is 2. The topological polar surface area (TPSA) is 73.9 Å². The van der Waals surface area contributed by atoms with Crippen molar-refractivity contribution in [2.75, 3.05) is 26.2 Å². The molecule has 0 spiro atoms. The molecular formula is C26H31ClN4O3. The molecule has 0 bridgehead atoms. The maximum absolute atomic E-state index is 13.0. The fourth-order valence-electron chi connectivity index (χ4n) is 5.18. The van der Waals surface area contributed by atoms with Gasteiger partial charge in [-0.1, -0.05) is 36.6 Å². The summed E-state index contributed by atoms with van der Waals surface area (Å²) in [7, 11) is 0. The van der Waals surface area contributed by atoms with Crippen LogP contribution >= 0.6 is 11.6 Å². The van der Waals surface area contributed by atoms with E-state index in [0.717, 1.165) is 37.9 Å². The Bertz CT molecular complexity index is 1020. The number of benzene rings is 2. The molecule has 2 N–H and O–H groups in total. The largest absolute Gasteiger partial charge is 0.489 e. The molecule has 34 heavy (non-hydrogen) atoms. The van der Waals surface area contributed by atoms with E-state index >= 15 is 0 Å². The Labute approximate surface area is 205 Å². The van der Waals surface area contributed by atoms with Crippen LogP contribution in [0.2, 0.25) is 5.02 Å². The highest BCUT2D eigenvalue weighted by Gasteiger charge is 2.39. The zero-order valence-corrected chi connectivity index (χ0v) is 20.0. The van der Waals surface area contributed by atoms with E-state index in [2.05, 4.69) is 15.5 Å². The van der Waals surface area contributed by atoms with Crippen LogP contribution in [0.15, 0.2) is 48.5 Å². The van der Waals surface area contributed by atoms with Gasteiger partial charge < -0.3 is 15.0 Å². The molecular weight excluding hydrogens is 452 g/mol. The number of nitrogens with one attached hydrogen (secondary N) is 2. The molecule has 2 aromatic rings. The Morgan fingerprint density at radius 3 is 2.56 bits per heavy atom. The minimum Gasteiger partial charge on any atom is -0.489 e. The third-order valence-corrected chi connectivity index (χ3v) is 7.35. The van der Waals surface area contributed by atoms with Crippen LogP contribution in [0.25, 0.3) is 0 Å². The summed E-state index contributed by atoms with van der Waals surface area (Å²) in [5.74, 6) is 1.01. The summed E-state index contributed by atoms with van der Waals surface area (Å²) in [5, 5.41) is 7.46. The van der Waals surface area contributed by atoms with Crippen LogP contribution in [0.3, 0.4) is 0 Å². The molecule has 2 amide bonds. The van der Waals surface area contributed by atoms with Gasteiger partial charge in [0.15, 0.2) is 0 Å². The van der Waals surface area contributed by atoms with E-state index in [1.807, 2.05) is 53.4 Å². The molecule has 7 nitrogen and oxygen atoms in total. The summed E-state index contributed by atoms with van der Waals surface area (Å²) in [6, 6.07) is 15.1. The summed E-state index contributed by atoms with van der Waals surface area (Å²) in [6.45, 7) is 3.13. The van der Waals surface area contributed by atoms with Crippen molar-refractivity contribution in [3.8, 4) is 5.75 Å². The number of ether oxygens (including phenoxy) is 1. The lowest BCUT2D eigenvalue weighted by molar-refractivity contribution is -0.134. The van der Waals surface area contributed by atoms with Gasteiger partial charge in [-0.2, -0.15) is 0 Å². The predicted octanol–water partition coefficient (Wildman–Crippen LogP) is 3.24. The van der Waals surface area contributed by atoms with Crippen LogP contribution in [0, 0.1) is 5.92 Å². The predicted molar refractivity (Wildman–Crippen MR) is 131 cm³/mol. The van der Waals surface area contributed by atoms with Crippen LogP contribution in [-0.2, 0) is 11.4 Å². The standard InChI is InChI=1S/C26H31ClN4O3/c27-20-5-3-4-18(16-20)17-34-21-10-8-19(9-11-21)25(33)30-12-14-31(15-13-30)26-28-23-7-2-1-6-22(23)24(32)29-26/h3-5,8-11,16,22-23,26,28H,1-2,6-7,12-15,17H2,(H,29,32). The first kappa shape index (κ1) is 23.1. The second-order valence-electron chi connectivity index (χ2n) is 9.35. The average molecular weight is 483 g/mol. The molecule has 2 aromatic carbocycles. The smallest absolute Gasteiger partial charge is 0.253 e. The lowest BCUT2D eigenvalue weighted by Crippen LogP contribution is -2.69. The van der Waals surface area contributed by atoms with Crippen LogP contribution in [-0.4, -0.2) is 60.1 Å². The lowest BCUT2D eigenvalue weighted by atomic mass is 9.82. The van der Waals surface area contributed by atoms with E-state index in [1.165, 1.54) is 6.42 Å². The highest BCUT2D eigenvalue weighted by Crippen LogP contribution is 2.28. The molecule has 3 aliphatic rings. The Balaban J connectivity index is 1.12. The first-order chi connectivity index (χ1) is 16.6. The van der Waals surface area contributed by atoms with Crippen molar-refractivity contribution < 1.29 is 14.3 Å². The minimum absolute atomic E-state index is 0.0222. The molecule has 8 heteroatoms. The van der Waals surface area contributed by atoms with Gasteiger partial charge in [0.1, 0.15) is 18.6 Å². The fraction of sp³-hybridized carbons (Fsp3) is 0.462. The Hall–Kier alpha value is -2.61. The van der Waals surface area contributed by atoms with Gasteiger partial charge in [0.05, 0.1) is 5.92 Å². The van der Waals surface area contributed by atoms with Crippen LogP contribution < -0.4 is 15.4 Å². The second kappa shape index (κ2) is 10.3. The molecule has 2 saturated heterocycles. The van der Waals surface area contributed by atoms with E-state index in [1.54, 1.807) is 0 Å². The normalized spacial score (nSPS) is 25.4. The molecule has 0 radical (unpaired) electrons. The highest BCUT2D eigenvalue weighted by atomic mass is 35.5. The average Bonchev–Trinajstić information content (AvgIpc) is 2.87. The number of halogens is 1. The third kappa shape index (κ3) is 5.22. The summed E-state index contributed by atoms with van der Waals surface area (Å²) < 4.78 is 5.82. The van der Waals surface area contributed by atoms with E-state index in [-0.39, 0.29) is 30.1 Å². The molecule has 3 atom stereocenters. The number of hydrogen-bond donors (Lipinski definition) is 2. The number of carbonyl (C=O) groups excluding carboxylic acids is 2. The monoisotopic (exact) mass is 482 g/mol. The quantitative estimate of drug-likeness (QED) is 0.684. The summed E-state index contributed by atoms with van der Waals surface area (Å²) in [6.07, 6.45) is 4.21. The van der Waals surface area contributed by atoms with Crippen molar-refractivity contribution in [1.29, 1.82) is 0 Å². The molecule has 2 aliphatic heterocycles. The molecule has 1 saturated carbocycles. The first-order valence-corrected chi connectivity index (χ1v) is 12.5. The number of amides is 2. The van der Waals surface area contributed by atoms with E-state index in [4.69, 9.17) is 16.3 Å². The lowest BCUT2D eigenvalue weighted by Gasteiger charge is -2.46. The van der Waals surface area contributed by atoms with Gasteiger partial charge in [-0.3, -0.25) is 19.8 Å². The van der Waals surface area contributed by atoms with Gasteiger partial charge in [0.2, 0.25) is 5.91 Å². The van der Waals surface area contributed by atoms with Crippen molar-refractivity contribution in [1.82, 2.24) is 20.4 Å². The van der Waals surface area contributed by atoms with E-state index < -0.39 is 0 Å². The van der Waals surface area contributed by atoms with Crippen molar-refractivity contribution in [3.63, 3.8) is 0 Å². The summed E-state index contributed by atoms with van der Waals surface area (Å²) in [4.78, 5) is 29.7. The molecule has 180 valence electrons. The Morgan fingerprint density at radius 2 is 1.79 bits per heavy atom. The van der Waals surface area contributed by atoms with Gasteiger partial charge in [0.25, 0.3) is 5.91 Å². The Kier molecular flexibility index (Phi) is 7.04. The highest BCUT2D eigenvalue weighted by molar-refractivity contribution is 6.30. The number of rotatable bonds is 5. The zero-order valence-electron chi connectivity index (χ0n) is 19.2. The third-order valence-electron chi connectivity index (χ3n) is 7.12. The van der Waals surface area contributed by atoms with Gasteiger partial charge in [-0.05, 0) is 54.8 Å². The maximum Gasteiger partial charge on any atom is 0.253 e. The Morgan fingerprint density at radius 1 is 1.03 bits per heavy atom. The van der Waals surface area contributed by atoms with Gasteiger partial charge in [-0.25, -0.2) is 0 Å². The van der Waals surface area contributed by atoms with Gasteiger partial charge in [-0.15, -0.1) is 0 Å². The van der Waals surface area contributed by atoms with Crippen molar-refractivity contribution >= 4 is 23.4 Å². The molecule has 2 heterocycles. The van der Waals surface area contributed by atoms with Crippen LogP contribution in [0.1, 0.15) is 41.6 Å². The minimum atomic E-state index is -0.139. The van der Waals surface area contributed by atoms with Crippen molar-refractivity contribution in [3.05, 3.63) is 64.7 Å². The van der Waals surface area contributed by atoms with Crippen LogP contribution in [0.5, 0.6) is 5.75 Å². The van der Waals surface area contributed by atoms with E-state index in [0.29, 0.717) is 36.0 Å². The molecule has 1 aliphatic carbocycles. The number of hydrogen-bond acceptors (Lipinski definition) is 5. The van der Waals surface area contributed by atoms with Crippen molar-refractivity contribution in [2.45, 2.75) is 44.6 Å². The number of nitrogens with zero attached hydrogens (tertiary/aromatic N) is 2. The van der Waals surface area contributed by atoms with Crippen LogP contribution in [0.4, 0.5) is 0 Å². The fourth-order valence-corrected chi connectivity index (χ4v) is 5.39. The number of piperazine rings is 1. The zero-order chi connectivity index (χ0) is 23.5. The van der Waals surface area contributed by atoms with Gasteiger partial charge in [0, 0.05) is 42.8 Å². The first-order valence-electron chi connectivity index (χ1n) is 12.1. The second-order valence-corrected chi connectivity index (χ2v) is 9.78. The van der Waals surface area contributed by atoms with Crippen molar-refractivity contribution in [2.24, 2.45) is 5.92 Å². The molecule has 0 aromatic heterocycles. The SMILES string of the molecule is O=C1NC(N2CCN(C(=O)c3ccc(OCc4cccc(Cl)c4)cc3)CC2)NC2CCCCC12. The summed E-state index contributed by atoms with van der Waals surface area (Å²) >= 11 is 6.02. The number of fused-ring (bicyclic) bond motifs is 1. The van der Waals surface area contributed by atoms with E-state index in [9.17, 15) is 9.59 Å². The maximum atomic E-state index is 13.0. The molecule has 5 rings (SSSR count).